The van der Waals surface area contributed by atoms with Crippen LogP contribution in [0.3, 0.4) is 0 Å². The number of thiazole rings is 1. The Kier molecular flexibility index (Phi) is 6.03. The van der Waals surface area contributed by atoms with Crippen molar-refractivity contribution in [2.45, 2.75) is 27.3 Å². The largest absolute Gasteiger partial charge is 0.367 e. The number of rotatable bonds is 5. The fraction of sp³-hybridized carbons (Fsp3) is 0.364. The first-order valence-electron chi connectivity index (χ1n) is 10.3. The third-order valence-corrected chi connectivity index (χ3v) is 6.18. The van der Waals surface area contributed by atoms with Crippen molar-refractivity contribution in [3.63, 3.8) is 0 Å². The molecule has 1 saturated heterocycles. The molecule has 3 aromatic rings. The molecular formula is C22H26N6O2S. The van der Waals surface area contributed by atoms with Crippen LogP contribution in [-0.4, -0.2) is 57.7 Å². The number of piperazine rings is 1. The van der Waals surface area contributed by atoms with E-state index in [2.05, 4.69) is 20.3 Å². The molecule has 162 valence electrons. The summed E-state index contributed by atoms with van der Waals surface area (Å²) in [5.74, 6) is -0.107. The van der Waals surface area contributed by atoms with E-state index >= 15 is 0 Å². The van der Waals surface area contributed by atoms with Gasteiger partial charge in [-0.1, -0.05) is 12.1 Å². The number of nitrogens with zero attached hydrogens (tertiary/aromatic N) is 5. The van der Waals surface area contributed by atoms with Crippen LogP contribution < -0.4 is 10.2 Å². The highest BCUT2D eigenvalue weighted by atomic mass is 32.1. The quantitative estimate of drug-likeness (QED) is 0.662. The van der Waals surface area contributed by atoms with Gasteiger partial charge in [0.05, 0.1) is 11.3 Å². The number of para-hydroxylation sites is 1. The summed E-state index contributed by atoms with van der Waals surface area (Å²) in [4.78, 5) is 34.9. The third-order valence-electron chi connectivity index (χ3n) is 5.35. The predicted octanol–water partition coefficient (Wildman–Crippen LogP) is 2.87. The highest BCUT2D eigenvalue weighted by Gasteiger charge is 2.24. The molecule has 0 saturated carbocycles. The van der Waals surface area contributed by atoms with E-state index in [-0.39, 0.29) is 18.4 Å². The van der Waals surface area contributed by atoms with Crippen molar-refractivity contribution in [3.05, 3.63) is 58.4 Å². The molecule has 8 nitrogen and oxygen atoms in total. The molecule has 31 heavy (non-hydrogen) atoms. The molecule has 9 heteroatoms. The van der Waals surface area contributed by atoms with E-state index in [1.54, 1.807) is 10.9 Å². The van der Waals surface area contributed by atoms with Gasteiger partial charge < -0.3 is 9.80 Å². The SMILES string of the molecule is Cc1cc(C)n(CC(=O)N2CCN(c3ccccc3C(=O)Nc3ncc(C)s3)CC2)n1. The van der Waals surface area contributed by atoms with Crippen LogP contribution in [0.4, 0.5) is 10.8 Å². The summed E-state index contributed by atoms with van der Waals surface area (Å²) in [7, 11) is 0. The van der Waals surface area contributed by atoms with Crippen LogP contribution >= 0.6 is 11.3 Å². The first-order chi connectivity index (χ1) is 14.9. The molecule has 3 heterocycles. The molecule has 0 aliphatic carbocycles. The normalized spacial score (nSPS) is 14.0. The number of hydrogen-bond acceptors (Lipinski definition) is 6. The summed E-state index contributed by atoms with van der Waals surface area (Å²) in [6, 6.07) is 9.54. The fourth-order valence-corrected chi connectivity index (χ4v) is 4.44. The number of hydrogen-bond donors (Lipinski definition) is 1. The van der Waals surface area contributed by atoms with Gasteiger partial charge in [0.15, 0.2) is 5.13 Å². The van der Waals surface area contributed by atoms with Crippen molar-refractivity contribution < 1.29 is 9.59 Å². The Balaban J connectivity index is 1.40. The molecule has 0 spiro atoms. The van der Waals surface area contributed by atoms with Crippen molar-refractivity contribution >= 4 is 34.0 Å². The van der Waals surface area contributed by atoms with Crippen LogP contribution in [0, 0.1) is 20.8 Å². The van der Waals surface area contributed by atoms with Gasteiger partial charge in [-0.05, 0) is 39.0 Å². The number of amides is 2. The predicted molar refractivity (Wildman–Crippen MR) is 122 cm³/mol. The van der Waals surface area contributed by atoms with Crippen LogP contribution in [0.15, 0.2) is 36.5 Å². The van der Waals surface area contributed by atoms with E-state index in [1.165, 1.54) is 11.3 Å². The summed E-state index contributed by atoms with van der Waals surface area (Å²) in [5.41, 5.74) is 3.38. The molecule has 0 unspecified atom stereocenters. The van der Waals surface area contributed by atoms with Gasteiger partial charge in [-0.15, -0.1) is 11.3 Å². The first-order valence-corrected chi connectivity index (χ1v) is 11.1. The van der Waals surface area contributed by atoms with Gasteiger partial charge in [-0.3, -0.25) is 19.6 Å². The Morgan fingerprint density at radius 3 is 2.48 bits per heavy atom. The highest BCUT2D eigenvalue weighted by Crippen LogP contribution is 2.24. The summed E-state index contributed by atoms with van der Waals surface area (Å²) < 4.78 is 1.75. The monoisotopic (exact) mass is 438 g/mol. The zero-order chi connectivity index (χ0) is 22.0. The number of aromatic nitrogens is 3. The summed E-state index contributed by atoms with van der Waals surface area (Å²) in [5, 5.41) is 7.87. The Morgan fingerprint density at radius 2 is 1.84 bits per heavy atom. The van der Waals surface area contributed by atoms with Crippen molar-refractivity contribution in [2.75, 3.05) is 36.4 Å². The second kappa shape index (κ2) is 8.89. The van der Waals surface area contributed by atoms with E-state index in [4.69, 9.17) is 0 Å². The van der Waals surface area contributed by atoms with Crippen molar-refractivity contribution in [2.24, 2.45) is 0 Å². The van der Waals surface area contributed by atoms with E-state index in [9.17, 15) is 9.59 Å². The summed E-state index contributed by atoms with van der Waals surface area (Å²) in [6.45, 7) is 8.66. The number of anilines is 2. The zero-order valence-corrected chi connectivity index (χ0v) is 18.8. The van der Waals surface area contributed by atoms with Crippen molar-refractivity contribution in [1.29, 1.82) is 0 Å². The molecule has 2 aromatic heterocycles. The Morgan fingerprint density at radius 1 is 1.10 bits per heavy atom. The van der Waals surface area contributed by atoms with Crippen LogP contribution in [0.25, 0.3) is 0 Å². The Labute approximate surface area is 185 Å². The molecule has 1 N–H and O–H groups in total. The minimum atomic E-state index is -0.173. The smallest absolute Gasteiger partial charge is 0.259 e. The standard InChI is InChI=1S/C22H26N6O2S/c1-15-12-16(2)28(25-15)14-20(29)27-10-8-26(9-11-27)19-7-5-4-6-18(19)21(30)24-22-23-13-17(3)31-22/h4-7,12-13H,8-11,14H2,1-3H3,(H,23,24,30). The lowest BCUT2D eigenvalue weighted by Crippen LogP contribution is -2.50. The number of aryl methyl sites for hydroxylation is 3. The van der Waals surface area contributed by atoms with Crippen LogP contribution in [-0.2, 0) is 11.3 Å². The summed E-state index contributed by atoms with van der Waals surface area (Å²) >= 11 is 1.45. The average Bonchev–Trinajstić information content (AvgIpc) is 3.31. The van der Waals surface area contributed by atoms with Gasteiger partial charge in [0.1, 0.15) is 6.54 Å². The highest BCUT2D eigenvalue weighted by molar-refractivity contribution is 7.15. The Bertz CT molecular complexity index is 1100. The number of carbonyl (C=O) groups is 2. The van der Waals surface area contributed by atoms with Crippen molar-refractivity contribution in [3.8, 4) is 0 Å². The van der Waals surface area contributed by atoms with Crippen LogP contribution in [0.2, 0.25) is 0 Å². The first kappa shape index (κ1) is 21.0. The van der Waals surface area contributed by atoms with Crippen LogP contribution in [0.5, 0.6) is 0 Å². The van der Waals surface area contributed by atoms with Gasteiger partial charge in [0.25, 0.3) is 5.91 Å². The van der Waals surface area contributed by atoms with Gasteiger partial charge in [0, 0.05) is 48.6 Å². The maximum Gasteiger partial charge on any atom is 0.259 e. The number of carbonyl (C=O) groups excluding carboxylic acids is 2. The van der Waals surface area contributed by atoms with Gasteiger partial charge >= 0.3 is 0 Å². The van der Waals surface area contributed by atoms with E-state index < -0.39 is 0 Å². The minimum absolute atomic E-state index is 0.0658. The molecule has 1 aliphatic rings. The molecule has 1 fully saturated rings. The Hall–Kier alpha value is -3.20. The van der Waals surface area contributed by atoms with Gasteiger partial charge in [0.2, 0.25) is 5.91 Å². The van der Waals surface area contributed by atoms with Crippen molar-refractivity contribution in [1.82, 2.24) is 19.7 Å². The lowest BCUT2D eigenvalue weighted by molar-refractivity contribution is -0.132. The molecule has 2 amide bonds. The molecule has 1 aromatic carbocycles. The second-order valence-corrected chi connectivity index (χ2v) is 8.93. The molecular weight excluding hydrogens is 412 g/mol. The molecule has 0 atom stereocenters. The van der Waals surface area contributed by atoms with E-state index in [0.717, 1.165) is 22.0 Å². The van der Waals surface area contributed by atoms with E-state index in [1.807, 2.05) is 56.0 Å². The fourth-order valence-electron chi connectivity index (χ4n) is 3.78. The van der Waals surface area contributed by atoms with Gasteiger partial charge in [-0.2, -0.15) is 5.10 Å². The lowest BCUT2D eigenvalue weighted by atomic mass is 10.1. The van der Waals surface area contributed by atoms with Crippen LogP contribution in [0.1, 0.15) is 26.6 Å². The maximum atomic E-state index is 12.9. The molecule has 0 radical (unpaired) electrons. The molecule has 1 aliphatic heterocycles. The number of nitrogens with one attached hydrogen (secondary N) is 1. The van der Waals surface area contributed by atoms with E-state index in [0.29, 0.717) is 36.9 Å². The lowest BCUT2D eigenvalue weighted by Gasteiger charge is -2.36. The summed E-state index contributed by atoms with van der Waals surface area (Å²) in [6.07, 6.45) is 1.74. The minimum Gasteiger partial charge on any atom is -0.367 e. The molecule has 4 rings (SSSR count). The third kappa shape index (κ3) is 4.77. The topological polar surface area (TPSA) is 83.4 Å². The van der Waals surface area contributed by atoms with Gasteiger partial charge in [-0.25, -0.2) is 4.98 Å². The average molecular weight is 439 g/mol. The second-order valence-electron chi connectivity index (χ2n) is 7.70. The molecule has 0 bridgehead atoms. The maximum absolute atomic E-state index is 12.9. The zero-order valence-electron chi connectivity index (χ0n) is 18.0. The number of benzene rings is 1.